The van der Waals surface area contributed by atoms with Gasteiger partial charge in [0.2, 0.25) is 5.75 Å². The lowest BCUT2D eigenvalue weighted by atomic mass is 10.1. The van der Waals surface area contributed by atoms with Crippen LogP contribution in [-0.2, 0) is 0 Å². The first kappa shape index (κ1) is 22.6. The number of Topliss-reactive ketones (excluding diaryl/α,β-unsaturated/α-hetero) is 1. The molecular formula is C26H25NO5. The number of benzene rings is 3. The van der Waals surface area contributed by atoms with E-state index in [1.165, 1.54) is 12.1 Å². The van der Waals surface area contributed by atoms with Crippen LogP contribution in [0.15, 0.2) is 65.7 Å². The van der Waals surface area contributed by atoms with Crippen molar-refractivity contribution in [2.45, 2.75) is 6.42 Å². The summed E-state index contributed by atoms with van der Waals surface area (Å²) < 4.78 is 16.1. The van der Waals surface area contributed by atoms with Crippen LogP contribution in [0, 0.1) is 0 Å². The van der Waals surface area contributed by atoms with Gasteiger partial charge in [0.15, 0.2) is 17.3 Å². The average Bonchev–Trinajstić information content (AvgIpc) is 2.82. The molecule has 0 unspecified atom stereocenters. The average molecular weight is 431 g/mol. The lowest BCUT2D eigenvalue weighted by molar-refractivity contribution is 0.100. The molecule has 1 N–H and O–H groups in total. The molecule has 0 atom stereocenters. The molecule has 32 heavy (non-hydrogen) atoms. The highest BCUT2D eigenvalue weighted by Crippen LogP contribution is 2.38. The summed E-state index contributed by atoms with van der Waals surface area (Å²) in [5.74, 6) is 1.79. The molecule has 0 heterocycles. The highest BCUT2D eigenvalue weighted by Gasteiger charge is 2.12. The van der Waals surface area contributed by atoms with Crippen molar-refractivity contribution in [3.8, 4) is 23.0 Å². The summed E-state index contributed by atoms with van der Waals surface area (Å²) in [5, 5.41) is 9.32. The van der Waals surface area contributed by atoms with E-state index in [4.69, 9.17) is 14.2 Å². The highest BCUT2D eigenvalue weighted by molar-refractivity contribution is 6.03. The molecule has 0 aliphatic rings. The van der Waals surface area contributed by atoms with Crippen LogP contribution in [-0.4, -0.2) is 38.4 Å². The Bertz CT molecular complexity index is 1110. The minimum Gasteiger partial charge on any atom is -0.508 e. The Morgan fingerprint density at radius 2 is 1.53 bits per heavy atom. The van der Waals surface area contributed by atoms with Gasteiger partial charge in [-0.05, 0) is 59.7 Å². The zero-order valence-corrected chi connectivity index (χ0v) is 18.2. The van der Waals surface area contributed by atoms with Gasteiger partial charge in [-0.15, -0.1) is 0 Å². The lowest BCUT2D eigenvalue weighted by Crippen LogP contribution is -1.98. The van der Waals surface area contributed by atoms with E-state index in [-0.39, 0.29) is 18.0 Å². The van der Waals surface area contributed by atoms with Crippen molar-refractivity contribution in [1.29, 1.82) is 0 Å². The summed E-state index contributed by atoms with van der Waals surface area (Å²) in [6.45, 7) is 0. The quantitative estimate of drug-likeness (QED) is 0.272. The lowest BCUT2D eigenvalue weighted by Gasteiger charge is -2.12. The topological polar surface area (TPSA) is 77.4 Å². The second-order valence-electron chi connectivity index (χ2n) is 6.87. The third kappa shape index (κ3) is 5.76. The number of phenolic OH excluding ortho intramolecular Hbond substituents is 1. The van der Waals surface area contributed by atoms with E-state index in [1.807, 2.05) is 48.6 Å². The molecule has 0 saturated carbocycles. The maximum Gasteiger partial charge on any atom is 0.203 e. The van der Waals surface area contributed by atoms with Crippen molar-refractivity contribution < 1.29 is 24.1 Å². The maximum atomic E-state index is 12.2. The van der Waals surface area contributed by atoms with Gasteiger partial charge in [0.05, 0.1) is 27.0 Å². The van der Waals surface area contributed by atoms with Gasteiger partial charge in [-0.3, -0.25) is 9.79 Å². The van der Waals surface area contributed by atoms with Crippen LogP contribution in [0.4, 0.5) is 5.69 Å². The van der Waals surface area contributed by atoms with Crippen LogP contribution in [0.2, 0.25) is 0 Å². The number of aromatic hydroxyl groups is 1. The van der Waals surface area contributed by atoms with E-state index in [2.05, 4.69) is 4.99 Å². The first-order valence-electron chi connectivity index (χ1n) is 9.97. The van der Waals surface area contributed by atoms with Crippen molar-refractivity contribution in [2.75, 3.05) is 21.3 Å². The monoisotopic (exact) mass is 431 g/mol. The molecule has 0 aromatic heterocycles. The Labute approximate surface area is 187 Å². The number of hydrogen-bond donors (Lipinski definition) is 1. The second kappa shape index (κ2) is 10.8. The summed E-state index contributed by atoms with van der Waals surface area (Å²) in [7, 11) is 4.73. The van der Waals surface area contributed by atoms with E-state index in [1.54, 1.807) is 39.7 Å². The second-order valence-corrected chi connectivity index (χ2v) is 6.87. The first-order chi connectivity index (χ1) is 15.5. The zero-order chi connectivity index (χ0) is 22.9. The Hall–Kier alpha value is -4.06. The fourth-order valence-electron chi connectivity index (χ4n) is 3.10. The largest absolute Gasteiger partial charge is 0.508 e. The molecule has 6 heteroatoms. The molecule has 164 valence electrons. The third-order valence-corrected chi connectivity index (χ3v) is 4.73. The highest BCUT2D eigenvalue weighted by atomic mass is 16.5. The molecule has 3 aromatic rings. The van der Waals surface area contributed by atoms with Crippen LogP contribution in [0.3, 0.4) is 0 Å². The van der Waals surface area contributed by atoms with Gasteiger partial charge in [0, 0.05) is 18.2 Å². The molecule has 3 aromatic carbocycles. The number of ketones is 1. The minimum absolute atomic E-state index is 0.0628. The molecule has 0 aliphatic carbocycles. The van der Waals surface area contributed by atoms with E-state index in [0.717, 1.165) is 16.8 Å². The zero-order valence-electron chi connectivity index (χ0n) is 18.2. The molecular weight excluding hydrogens is 406 g/mol. The molecule has 0 saturated heterocycles. The summed E-state index contributed by atoms with van der Waals surface area (Å²) in [6.07, 6.45) is 5.68. The predicted octanol–water partition coefficient (Wildman–Crippen LogP) is 5.56. The molecule has 6 nitrogen and oxygen atoms in total. The van der Waals surface area contributed by atoms with Gasteiger partial charge < -0.3 is 19.3 Å². The van der Waals surface area contributed by atoms with Crippen LogP contribution >= 0.6 is 0 Å². The van der Waals surface area contributed by atoms with Crippen LogP contribution in [0.5, 0.6) is 23.0 Å². The standard InChI is InChI=1S/C26H25NO5/c1-30-24-16-19(17-25(31-2)26(24)32-3)8-7-18-5-4-6-21(15-18)27-14-13-23(29)20-9-11-22(28)12-10-20/h4-12,14-17,28H,13H2,1-3H3/b8-7-,27-14?. The van der Waals surface area contributed by atoms with Gasteiger partial charge in [-0.1, -0.05) is 24.3 Å². The molecule has 0 aliphatic heterocycles. The fraction of sp³-hybridized carbons (Fsp3) is 0.154. The molecule has 3 rings (SSSR count). The van der Waals surface area contributed by atoms with Crippen LogP contribution in [0.1, 0.15) is 27.9 Å². The van der Waals surface area contributed by atoms with E-state index < -0.39 is 0 Å². The molecule has 0 radical (unpaired) electrons. The number of rotatable bonds is 9. The minimum atomic E-state index is -0.0628. The van der Waals surface area contributed by atoms with Gasteiger partial charge in [0.25, 0.3) is 0 Å². The number of ether oxygens (including phenoxy) is 3. The SMILES string of the molecule is COc1cc(/C=C\c2cccc(N=CCC(=O)c3ccc(O)cc3)c2)cc(OC)c1OC. The fourth-order valence-corrected chi connectivity index (χ4v) is 3.10. The Balaban J connectivity index is 1.71. The normalized spacial score (nSPS) is 11.1. The number of aliphatic imine (C=N–C) groups is 1. The van der Waals surface area contributed by atoms with Crippen molar-refractivity contribution in [2.24, 2.45) is 4.99 Å². The van der Waals surface area contributed by atoms with E-state index in [9.17, 15) is 9.90 Å². The molecule has 0 spiro atoms. The number of carbonyl (C=O) groups excluding carboxylic acids is 1. The van der Waals surface area contributed by atoms with Crippen molar-refractivity contribution >= 4 is 29.8 Å². The van der Waals surface area contributed by atoms with Crippen molar-refractivity contribution in [1.82, 2.24) is 0 Å². The molecule has 0 bridgehead atoms. The van der Waals surface area contributed by atoms with Gasteiger partial charge in [-0.25, -0.2) is 0 Å². The van der Waals surface area contributed by atoms with Crippen molar-refractivity contribution in [3.63, 3.8) is 0 Å². The van der Waals surface area contributed by atoms with Crippen LogP contribution < -0.4 is 14.2 Å². The third-order valence-electron chi connectivity index (χ3n) is 4.73. The summed E-state index contributed by atoms with van der Waals surface area (Å²) in [4.78, 5) is 16.6. The maximum absolute atomic E-state index is 12.2. The number of phenols is 1. The molecule has 0 fully saturated rings. The van der Waals surface area contributed by atoms with Crippen molar-refractivity contribution in [3.05, 3.63) is 77.4 Å². The van der Waals surface area contributed by atoms with Gasteiger partial charge >= 0.3 is 0 Å². The first-order valence-corrected chi connectivity index (χ1v) is 9.97. The molecule has 0 amide bonds. The van der Waals surface area contributed by atoms with E-state index >= 15 is 0 Å². The Morgan fingerprint density at radius 1 is 0.875 bits per heavy atom. The van der Waals surface area contributed by atoms with Crippen LogP contribution in [0.25, 0.3) is 12.2 Å². The van der Waals surface area contributed by atoms with E-state index in [0.29, 0.717) is 22.8 Å². The number of nitrogens with zero attached hydrogens (tertiary/aromatic N) is 1. The summed E-state index contributed by atoms with van der Waals surface area (Å²) in [6, 6.07) is 17.6. The Kier molecular flexibility index (Phi) is 7.65. The number of carbonyl (C=O) groups is 1. The smallest absolute Gasteiger partial charge is 0.203 e. The Morgan fingerprint density at radius 3 is 2.16 bits per heavy atom. The summed E-state index contributed by atoms with van der Waals surface area (Å²) in [5.41, 5.74) is 3.14. The van der Waals surface area contributed by atoms with Gasteiger partial charge in [0.1, 0.15) is 5.75 Å². The summed E-state index contributed by atoms with van der Waals surface area (Å²) >= 11 is 0. The predicted molar refractivity (Wildman–Crippen MR) is 127 cm³/mol. The number of methoxy groups -OCH3 is 3. The van der Waals surface area contributed by atoms with Gasteiger partial charge in [-0.2, -0.15) is 0 Å². The number of hydrogen-bond acceptors (Lipinski definition) is 6.